The van der Waals surface area contributed by atoms with Gasteiger partial charge in [0.25, 0.3) is 0 Å². The van der Waals surface area contributed by atoms with Crippen LogP contribution in [0.25, 0.3) is 11.1 Å². The van der Waals surface area contributed by atoms with Gasteiger partial charge in [-0.3, -0.25) is 9.59 Å². The molecule has 3 N–H and O–H groups in total. The molecule has 2 aromatic rings. The highest BCUT2D eigenvalue weighted by molar-refractivity contribution is 5.80. The molecule has 0 saturated carbocycles. The molecule has 0 radical (unpaired) electrons. The number of carboxylic acids is 1. The van der Waals surface area contributed by atoms with Crippen LogP contribution in [0.2, 0.25) is 0 Å². The molecule has 7 nitrogen and oxygen atoms in total. The molecule has 2 aromatic carbocycles. The summed E-state index contributed by atoms with van der Waals surface area (Å²) in [5.41, 5.74) is 4.70. The predicted octanol–water partition coefficient (Wildman–Crippen LogP) is 4.17. The topological polar surface area (TPSA) is 105 Å². The van der Waals surface area contributed by atoms with E-state index in [2.05, 4.69) is 34.9 Å². The molecule has 176 valence electrons. The van der Waals surface area contributed by atoms with Gasteiger partial charge in [-0.2, -0.15) is 0 Å². The number of amides is 2. The van der Waals surface area contributed by atoms with Crippen molar-refractivity contribution < 1.29 is 24.2 Å². The van der Waals surface area contributed by atoms with Crippen molar-refractivity contribution in [1.82, 2.24) is 10.6 Å². The molecule has 2 amide bonds. The summed E-state index contributed by atoms with van der Waals surface area (Å²) in [5, 5.41) is 14.5. The Balaban J connectivity index is 1.38. The van der Waals surface area contributed by atoms with E-state index in [0.717, 1.165) is 0 Å². The molecule has 1 aliphatic rings. The number of rotatable bonds is 11. The molecule has 2 atom stereocenters. The number of aliphatic carboxylic acids is 1. The molecule has 0 spiro atoms. The molecule has 0 aliphatic heterocycles. The van der Waals surface area contributed by atoms with Crippen molar-refractivity contribution >= 4 is 18.0 Å². The van der Waals surface area contributed by atoms with Crippen LogP contribution >= 0.6 is 0 Å². The van der Waals surface area contributed by atoms with Gasteiger partial charge in [-0.1, -0.05) is 62.4 Å². The van der Waals surface area contributed by atoms with Crippen molar-refractivity contribution in [1.29, 1.82) is 0 Å². The fourth-order valence-electron chi connectivity index (χ4n) is 4.18. The van der Waals surface area contributed by atoms with Crippen LogP contribution in [0.3, 0.4) is 0 Å². The molecule has 0 aromatic heterocycles. The minimum Gasteiger partial charge on any atom is -0.481 e. The lowest BCUT2D eigenvalue weighted by atomic mass is 9.98. The lowest BCUT2D eigenvalue weighted by Gasteiger charge is -2.16. The maximum Gasteiger partial charge on any atom is 0.407 e. The second kappa shape index (κ2) is 11.5. The number of hydrogen-bond donors (Lipinski definition) is 3. The molecule has 1 aliphatic carbocycles. The Hall–Kier alpha value is -3.35. The normalized spacial score (nSPS) is 14.0. The van der Waals surface area contributed by atoms with Gasteiger partial charge in [0, 0.05) is 24.9 Å². The zero-order valence-electron chi connectivity index (χ0n) is 19.2. The first-order chi connectivity index (χ1) is 15.9. The Labute approximate surface area is 194 Å². The summed E-state index contributed by atoms with van der Waals surface area (Å²) >= 11 is 0. The van der Waals surface area contributed by atoms with E-state index in [0.29, 0.717) is 25.8 Å². The molecule has 3 rings (SSSR count). The van der Waals surface area contributed by atoms with Gasteiger partial charge in [-0.25, -0.2) is 4.79 Å². The number of nitrogens with one attached hydrogen (secondary N) is 2. The highest BCUT2D eigenvalue weighted by Crippen LogP contribution is 2.44. The maximum absolute atomic E-state index is 12.2. The molecule has 0 heterocycles. The number of alkyl carbamates (subject to hydrolysis) is 1. The van der Waals surface area contributed by atoms with Gasteiger partial charge in [0.15, 0.2) is 0 Å². The van der Waals surface area contributed by atoms with Crippen molar-refractivity contribution in [3.8, 4) is 11.1 Å². The number of ether oxygens (including phenoxy) is 1. The van der Waals surface area contributed by atoms with Crippen molar-refractivity contribution in [2.24, 2.45) is 11.8 Å². The Bertz CT molecular complexity index is 945. The largest absolute Gasteiger partial charge is 0.481 e. The Morgan fingerprint density at radius 3 is 2.18 bits per heavy atom. The van der Waals surface area contributed by atoms with E-state index in [1.54, 1.807) is 13.8 Å². The number of fused-ring (bicyclic) bond motifs is 3. The zero-order valence-corrected chi connectivity index (χ0v) is 19.2. The molecular weight excluding hydrogens is 420 g/mol. The average molecular weight is 453 g/mol. The zero-order chi connectivity index (χ0) is 23.8. The molecule has 2 unspecified atom stereocenters. The van der Waals surface area contributed by atoms with Crippen LogP contribution < -0.4 is 10.6 Å². The van der Waals surface area contributed by atoms with Crippen LogP contribution in [0.5, 0.6) is 0 Å². The van der Waals surface area contributed by atoms with Crippen molar-refractivity contribution in [2.45, 2.75) is 39.0 Å². The predicted molar refractivity (Wildman–Crippen MR) is 126 cm³/mol. The Kier molecular flexibility index (Phi) is 8.46. The third-order valence-electron chi connectivity index (χ3n) is 6.24. The molecule has 7 heteroatoms. The third kappa shape index (κ3) is 6.12. The summed E-state index contributed by atoms with van der Waals surface area (Å²) < 4.78 is 5.51. The summed E-state index contributed by atoms with van der Waals surface area (Å²) in [7, 11) is 0. The molecule has 33 heavy (non-hydrogen) atoms. The number of hydrogen-bond acceptors (Lipinski definition) is 4. The van der Waals surface area contributed by atoms with Crippen molar-refractivity contribution in [3.63, 3.8) is 0 Å². The minimum absolute atomic E-state index is 0.0182. The fourth-order valence-corrected chi connectivity index (χ4v) is 4.18. The van der Waals surface area contributed by atoms with Gasteiger partial charge >= 0.3 is 12.1 Å². The molecule has 0 fully saturated rings. The van der Waals surface area contributed by atoms with Gasteiger partial charge < -0.3 is 20.5 Å². The number of carbonyl (C=O) groups is 3. The van der Waals surface area contributed by atoms with Crippen LogP contribution in [-0.2, 0) is 14.3 Å². The Morgan fingerprint density at radius 2 is 1.61 bits per heavy atom. The van der Waals surface area contributed by atoms with Gasteiger partial charge in [0.1, 0.15) is 6.61 Å². The molecular formula is C26H32N2O5. The van der Waals surface area contributed by atoms with Gasteiger partial charge in [-0.15, -0.1) is 0 Å². The minimum atomic E-state index is -0.905. The SMILES string of the molecule is CCC(CNC(=O)C(C)CCCNC(=O)OCC1c2ccccc2-c2ccccc21)C(=O)O. The summed E-state index contributed by atoms with van der Waals surface area (Å²) in [6.45, 7) is 4.38. The van der Waals surface area contributed by atoms with Crippen molar-refractivity contribution in [3.05, 3.63) is 59.7 Å². The van der Waals surface area contributed by atoms with Crippen LogP contribution in [0.4, 0.5) is 4.79 Å². The second-order valence-corrected chi connectivity index (χ2v) is 8.48. The second-order valence-electron chi connectivity index (χ2n) is 8.48. The summed E-state index contributed by atoms with van der Waals surface area (Å²) in [6.07, 6.45) is 1.20. The number of benzene rings is 2. The number of carbonyl (C=O) groups excluding carboxylic acids is 2. The number of carboxylic acid groups (broad SMARTS) is 1. The van der Waals surface area contributed by atoms with E-state index >= 15 is 0 Å². The van der Waals surface area contributed by atoms with E-state index < -0.39 is 18.0 Å². The van der Waals surface area contributed by atoms with E-state index in [1.807, 2.05) is 24.3 Å². The molecule has 0 bridgehead atoms. The first-order valence-electron chi connectivity index (χ1n) is 11.5. The van der Waals surface area contributed by atoms with Gasteiger partial charge in [0.2, 0.25) is 5.91 Å². The van der Waals surface area contributed by atoms with E-state index in [1.165, 1.54) is 22.3 Å². The highest BCUT2D eigenvalue weighted by Gasteiger charge is 2.29. The lowest BCUT2D eigenvalue weighted by Crippen LogP contribution is -2.36. The van der Waals surface area contributed by atoms with Crippen LogP contribution in [0.1, 0.15) is 50.2 Å². The van der Waals surface area contributed by atoms with Crippen LogP contribution in [0, 0.1) is 11.8 Å². The monoisotopic (exact) mass is 452 g/mol. The summed E-state index contributed by atoms with van der Waals surface area (Å²) in [5.74, 6) is -1.89. The standard InChI is InChI=1S/C26H32N2O5/c1-3-18(25(30)31)15-28-24(29)17(2)9-8-14-27-26(32)33-16-23-21-12-6-4-10-19(21)20-11-5-7-13-22(20)23/h4-7,10-13,17-18,23H,3,8-9,14-16H2,1-2H3,(H,27,32)(H,28,29)(H,30,31). The van der Waals surface area contributed by atoms with E-state index in [4.69, 9.17) is 9.84 Å². The first-order valence-corrected chi connectivity index (χ1v) is 11.5. The molecule has 0 saturated heterocycles. The van der Waals surface area contributed by atoms with Crippen LogP contribution in [0.15, 0.2) is 48.5 Å². The summed E-state index contributed by atoms with van der Waals surface area (Å²) in [6, 6.07) is 16.4. The van der Waals surface area contributed by atoms with Gasteiger partial charge in [0.05, 0.1) is 5.92 Å². The van der Waals surface area contributed by atoms with Gasteiger partial charge in [-0.05, 0) is 41.5 Å². The smallest absolute Gasteiger partial charge is 0.407 e. The maximum atomic E-state index is 12.2. The van der Waals surface area contributed by atoms with E-state index in [9.17, 15) is 14.4 Å². The van der Waals surface area contributed by atoms with Crippen molar-refractivity contribution in [2.75, 3.05) is 19.7 Å². The van der Waals surface area contributed by atoms with E-state index in [-0.39, 0.29) is 30.9 Å². The first kappa shape index (κ1) is 24.3. The average Bonchev–Trinajstić information content (AvgIpc) is 3.14. The quantitative estimate of drug-likeness (QED) is 0.444. The fraction of sp³-hybridized carbons (Fsp3) is 0.423. The highest BCUT2D eigenvalue weighted by atomic mass is 16.5. The summed E-state index contributed by atoms with van der Waals surface area (Å²) in [4.78, 5) is 35.4. The lowest BCUT2D eigenvalue weighted by molar-refractivity contribution is -0.141. The van der Waals surface area contributed by atoms with Crippen LogP contribution in [-0.4, -0.2) is 42.8 Å². The Morgan fingerprint density at radius 1 is 1.00 bits per heavy atom. The third-order valence-corrected chi connectivity index (χ3v) is 6.24.